The number of para-hydroxylation sites is 1. The van der Waals surface area contributed by atoms with E-state index in [9.17, 15) is 14.9 Å². The van der Waals surface area contributed by atoms with Crippen LogP contribution in [-0.2, 0) is 7.05 Å². The van der Waals surface area contributed by atoms with Gasteiger partial charge in [-0.3, -0.25) is 4.79 Å². The Labute approximate surface area is 119 Å². The summed E-state index contributed by atoms with van der Waals surface area (Å²) in [5.74, 6) is 0.604. The average Bonchev–Trinajstić information content (AvgIpc) is 2.84. The highest BCUT2D eigenvalue weighted by atomic mass is 16.6. The molecule has 2 aromatic rings. The first kappa shape index (κ1) is 13.0. The largest absolute Gasteiger partial charge is 0.488 e. The Bertz CT molecular complexity index is 776. The van der Waals surface area contributed by atoms with E-state index >= 15 is 0 Å². The maximum atomic E-state index is 12.4. The number of rotatable bonds is 2. The van der Waals surface area contributed by atoms with Gasteiger partial charge in [0.05, 0.1) is 12.6 Å². The summed E-state index contributed by atoms with van der Waals surface area (Å²) in [6, 6.07) is 6.97. The lowest BCUT2D eigenvalue weighted by Crippen LogP contribution is -2.19. The summed E-state index contributed by atoms with van der Waals surface area (Å²) < 4.78 is 6.83. The van der Waals surface area contributed by atoms with E-state index in [0.717, 1.165) is 6.20 Å². The minimum absolute atomic E-state index is 0.122. The number of nitro groups is 1. The number of carbonyl (C=O) groups is 1. The second-order valence-electron chi connectivity index (χ2n) is 4.57. The van der Waals surface area contributed by atoms with Crippen LogP contribution in [0.3, 0.4) is 0 Å². The van der Waals surface area contributed by atoms with Crippen LogP contribution in [0.15, 0.2) is 36.0 Å². The molecule has 0 bridgehead atoms. The van der Waals surface area contributed by atoms with E-state index in [2.05, 4.69) is 4.98 Å². The van der Waals surface area contributed by atoms with Crippen LogP contribution >= 0.6 is 0 Å². The maximum absolute atomic E-state index is 12.4. The molecule has 7 heteroatoms. The number of Topliss-reactive ketones (excluding diaryl/α,β-unsaturated/α-hetero) is 1. The van der Waals surface area contributed by atoms with Crippen LogP contribution in [0.5, 0.6) is 5.75 Å². The predicted octanol–water partition coefficient (Wildman–Crippen LogP) is 1.99. The zero-order valence-corrected chi connectivity index (χ0v) is 11.1. The highest BCUT2D eigenvalue weighted by Crippen LogP contribution is 2.27. The first-order chi connectivity index (χ1) is 10.1. The third kappa shape index (κ3) is 2.18. The summed E-state index contributed by atoms with van der Waals surface area (Å²) in [6.45, 7) is 0.122. The Morgan fingerprint density at radius 3 is 2.90 bits per heavy atom. The molecule has 7 nitrogen and oxygen atoms in total. The lowest BCUT2D eigenvalue weighted by atomic mass is 10.00. The molecule has 0 amide bonds. The van der Waals surface area contributed by atoms with Gasteiger partial charge in [-0.25, -0.2) is 9.55 Å². The average molecular weight is 285 g/mol. The Balaban J connectivity index is 1.99. The fourth-order valence-corrected chi connectivity index (χ4v) is 2.16. The molecule has 0 fully saturated rings. The van der Waals surface area contributed by atoms with E-state index in [0.29, 0.717) is 22.7 Å². The topological polar surface area (TPSA) is 87.3 Å². The molecule has 0 aliphatic carbocycles. The van der Waals surface area contributed by atoms with Crippen LogP contribution in [0.25, 0.3) is 6.08 Å². The van der Waals surface area contributed by atoms with E-state index in [1.807, 2.05) is 0 Å². The van der Waals surface area contributed by atoms with Crippen molar-refractivity contribution >= 4 is 17.7 Å². The summed E-state index contributed by atoms with van der Waals surface area (Å²) in [5, 5.41) is 10.8. The Hall–Kier alpha value is -2.96. The normalized spacial score (nSPS) is 15.7. The van der Waals surface area contributed by atoms with Gasteiger partial charge in [0.25, 0.3) is 0 Å². The number of aromatic nitrogens is 2. The molecule has 0 unspecified atom stereocenters. The Morgan fingerprint density at radius 1 is 1.43 bits per heavy atom. The molecule has 0 saturated carbocycles. The summed E-state index contributed by atoms with van der Waals surface area (Å²) in [6.07, 6.45) is 2.68. The molecule has 0 radical (unpaired) electrons. The van der Waals surface area contributed by atoms with E-state index < -0.39 is 4.92 Å². The summed E-state index contributed by atoms with van der Waals surface area (Å²) in [4.78, 5) is 26.6. The molecular formula is C14H11N3O4. The van der Waals surface area contributed by atoms with Crippen molar-refractivity contribution in [1.82, 2.24) is 9.55 Å². The van der Waals surface area contributed by atoms with Crippen LogP contribution in [-0.4, -0.2) is 26.9 Å². The zero-order chi connectivity index (χ0) is 15.0. The van der Waals surface area contributed by atoms with Crippen molar-refractivity contribution in [1.29, 1.82) is 0 Å². The second kappa shape index (κ2) is 4.86. The van der Waals surface area contributed by atoms with Crippen molar-refractivity contribution in [3.63, 3.8) is 0 Å². The quantitative estimate of drug-likeness (QED) is 0.478. The number of fused-ring (bicyclic) bond motifs is 1. The van der Waals surface area contributed by atoms with Gasteiger partial charge in [0, 0.05) is 11.6 Å². The third-order valence-corrected chi connectivity index (χ3v) is 3.30. The van der Waals surface area contributed by atoms with Gasteiger partial charge in [-0.05, 0) is 17.1 Å². The minimum Gasteiger partial charge on any atom is -0.488 e. The van der Waals surface area contributed by atoms with Crippen LogP contribution in [0.2, 0.25) is 0 Å². The molecule has 0 N–H and O–H groups in total. The van der Waals surface area contributed by atoms with Gasteiger partial charge in [0.2, 0.25) is 5.82 Å². The molecule has 0 spiro atoms. The van der Waals surface area contributed by atoms with E-state index in [-0.39, 0.29) is 18.2 Å². The molecule has 1 aliphatic rings. The van der Waals surface area contributed by atoms with Crippen LogP contribution in [0.4, 0.5) is 5.82 Å². The standard InChI is InChI=1S/C14H11N3O4/c1-16-12(15-7-13(16)17(19)20)6-9-8-21-11-5-3-2-4-10(11)14(9)18/h2-7H,8H2,1H3. The van der Waals surface area contributed by atoms with Crippen molar-refractivity contribution < 1.29 is 14.5 Å². The van der Waals surface area contributed by atoms with Gasteiger partial charge in [0.1, 0.15) is 18.6 Å². The first-order valence-corrected chi connectivity index (χ1v) is 6.21. The molecule has 1 aromatic heterocycles. The number of ether oxygens (including phenoxy) is 1. The molecule has 106 valence electrons. The van der Waals surface area contributed by atoms with Gasteiger partial charge in [-0.2, -0.15) is 0 Å². The predicted molar refractivity (Wildman–Crippen MR) is 74.1 cm³/mol. The van der Waals surface area contributed by atoms with Gasteiger partial charge >= 0.3 is 5.82 Å². The molecule has 0 atom stereocenters. The van der Waals surface area contributed by atoms with Crippen molar-refractivity contribution in [2.24, 2.45) is 7.05 Å². The van der Waals surface area contributed by atoms with Crippen molar-refractivity contribution in [3.8, 4) is 5.75 Å². The molecule has 21 heavy (non-hydrogen) atoms. The number of imidazole rings is 1. The van der Waals surface area contributed by atoms with Crippen molar-refractivity contribution in [2.45, 2.75) is 0 Å². The van der Waals surface area contributed by atoms with E-state index in [1.54, 1.807) is 24.3 Å². The van der Waals surface area contributed by atoms with Crippen molar-refractivity contribution in [3.05, 3.63) is 57.5 Å². The van der Waals surface area contributed by atoms with Crippen LogP contribution in [0, 0.1) is 10.1 Å². The summed E-state index contributed by atoms with van der Waals surface area (Å²) in [5.41, 5.74) is 0.899. The minimum atomic E-state index is -0.524. The van der Waals surface area contributed by atoms with Crippen LogP contribution in [0.1, 0.15) is 16.2 Å². The van der Waals surface area contributed by atoms with E-state index in [1.165, 1.54) is 17.7 Å². The Kier molecular flexibility index (Phi) is 3.02. The zero-order valence-electron chi connectivity index (χ0n) is 11.1. The lowest BCUT2D eigenvalue weighted by molar-refractivity contribution is -0.391. The van der Waals surface area contributed by atoms with Gasteiger partial charge in [-0.15, -0.1) is 0 Å². The van der Waals surface area contributed by atoms with Crippen molar-refractivity contribution in [2.75, 3.05) is 6.61 Å². The number of hydrogen-bond acceptors (Lipinski definition) is 5. The Morgan fingerprint density at radius 2 is 2.19 bits per heavy atom. The van der Waals surface area contributed by atoms with E-state index in [4.69, 9.17) is 4.74 Å². The van der Waals surface area contributed by atoms with Gasteiger partial charge in [0.15, 0.2) is 5.78 Å². The molecular weight excluding hydrogens is 274 g/mol. The fourth-order valence-electron chi connectivity index (χ4n) is 2.16. The smallest absolute Gasteiger partial charge is 0.342 e. The molecule has 1 aromatic carbocycles. The lowest BCUT2D eigenvalue weighted by Gasteiger charge is -2.17. The second-order valence-corrected chi connectivity index (χ2v) is 4.57. The number of nitrogens with zero attached hydrogens (tertiary/aromatic N) is 3. The molecule has 3 rings (SSSR count). The van der Waals surface area contributed by atoms with Gasteiger partial charge in [-0.1, -0.05) is 12.1 Å². The molecule has 0 saturated heterocycles. The highest BCUT2D eigenvalue weighted by molar-refractivity contribution is 6.13. The maximum Gasteiger partial charge on any atom is 0.342 e. The molecule has 1 aliphatic heterocycles. The summed E-state index contributed by atoms with van der Waals surface area (Å²) in [7, 11) is 1.53. The fraction of sp³-hybridized carbons (Fsp3) is 0.143. The van der Waals surface area contributed by atoms with Gasteiger partial charge < -0.3 is 14.9 Å². The SMILES string of the molecule is Cn1c([N+](=O)[O-])cnc1C=C1COc2ccccc2C1=O. The summed E-state index contributed by atoms with van der Waals surface area (Å²) >= 11 is 0. The monoisotopic (exact) mass is 285 g/mol. The highest BCUT2D eigenvalue weighted by Gasteiger charge is 2.24. The number of ketones is 1. The van der Waals surface area contributed by atoms with Crippen LogP contribution < -0.4 is 4.74 Å². The number of benzene rings is 1. The first-order valence-electron chi connectivity index (χ1n) is 6.21. The number of hydrogen-bond donors (Lipinski definition) is 0. The number of carbonyl (C=O) groups excluding carboxylic acids is 1. The molecule has 2 heterocycles. The third-order valence-electron chi connectivity index (χ3n) is 3.30.